The van der Waals surface area contributed by atoms with E-state index < -0.39 is 0 Å². The van der Waals surface area contributed by atoms with E-state index in [0.717, 1.165) is 55.6 Å². The maximum atomic E-state index is 12.9. The van der Waals surface area contributed by atoms with Crippen LogP contribution in [0.15, 0.2) is 18.2 Å². The Hall–Kier alpha value is -1.55. The zero-order valence-corrected chi connectivity index (χ0v) is 13.1. The molecule has 1 aromatic rings. The summed E-state index contributed by atoms with van der Waals surface area (Å²) in [4.78, 5) is 14.8. The van der Waals surface area contributed by atoms with Gasteiger partial charge in [-0.1, -0.05) is 24.5 Å². The number of nitrogens with one attached hydrogen (secondary N) is 1. The summed E-state index contributed by atoms with van der Waals surface area (Å²) in [5.41, 5.74) is 2.68. The van der Waals surface area contributed by atoms with Gasteiger partial charge in [0, 0.05) is 18.8 Å². The number of aliphatic hydroxyl groups is 1. The van der Waals surface area contributed by atoms with Crippen molar-refractivity contribution in [2.75, 3.05) is 25.0 Å². The number of anilines is 1. The van der Waals surface area contributed by atoms with E-state index in [1.165, 1.54) is 0 Å². The van der Waals surface area contributed by atoms with Crippen LogP contribution in [0, 0.1) is 6.92 Å². The minimum atomic E-state index is -0.0463. The smallest absolute Gasteiger partial charge is 0.256 e. The molecule has 2 N–H and O–H groups in total. The molecule has 1 heterocycles. The number of carbonyl (C=O) groups excluding carboxylic acids is 1. The van der Waals surface area contributed by atoms with Gasteiger partial charge in [-0.15, -0.1) is 0 Å². The fourth-order valence-corrected chi connectivity index (χ4v) is 2.97. The van der Waals surface area contributed by atoms with Gasteiger partial charge < -0.3 is 15.3 Å². The van der Waals surface area contributed by atoms with E-state index >= 15 is 0 Å². The van der Waals surface area contributed by atoms with Gasteiger partial charge >= 0.3 is 0 Å². The highest BCUT2D eigenvalue weighted by molar-refractivity contribution is 6.00. The third-order valence-corrected chi connectivity index (χ3v) is 4.12. The second kappa shape index (κ2) is 7.46. The van der Waals surface area contributed by atoms with Gasteiger partial charge in [0.25, 0.3) is 5.91 Å². The average molecular weight is 290 g/mol. The molecule has 1 aromatic carbocycles. The molecule has 0 saturated carbocycles. The topological polar surface area (TPSA) is 52.6 Å². The van der Waals surface area contributed by atoms with E-state index in [0.29, 0.717) is 0 Å². The molecule has 21 heavy (non-hydrogen) atoms. The first-order valence-corrected chi connectivity index (χ1v) is 7.93. The number of aryl methyl sites for hydroxylation is 1. The number of hydrogen-bond acceptors (Lipinski definition) is 3. The van der Waals surface area contributed by atoms with Gasteiger partial charge in [0.2, 0.25) is 0 Å². The lowest BCUT2D eigenvalue weighted by molar-refractivity contribution is 0.0600. The number of amides is 1. The fraction of sp³-hybridized carbons (Fsp3) is 0.588. The molecule has 1 aliphatic heterocycles. The van der Waals surface area contributed by atoms with Gasteiger partial charge in [-0.25, -0.2) is 0 Å². The second-order valence-electron chi connectivity index (χ2n) is 5.76. The van der Waals surface area contributed by atoms with Gasteiger partial charge in [-0.2, -0.15) is 0 Å². The number of likely N-dealkylation sites (tertiary alicyclic amines) is 1. The minimum Gasteiger partial charge on any atom is -0.394 e. The first kappa shape index (κ1) is 15.8. The lowest BCUT2D eigenvalue weighted by Crippen LogP contribution is -2.42. The summed E-state index contributed by atoms with van der Waals surface area (Å²) in [6, 6.07) is 5.88. The molecule has 4 nitrogen and oxygen atoms in total. The Morgan fingerprint density at radius 3 is 2.90 bits per heavy atom. The molecule has 1 unspecified atom stereocenters. The molecule has 1 fully saturated rings. The van der Waals surface area contributed by atoms with E-state index in [-0.39, 0.29) is 18.6 Å². The van der Waals surface area contributed by atoms with Crippen molar-refractivity contribution in [2.24, 2.45) is 0 Å². The average Bonchev–Trinajstić information content (AvgIpc) is 2.73. The van der Waals surface area contributed by atoms with Crippen LogP contribution in [0.4, 0.5) is 5.69 Å². The van der Waals surface area contributed by atoms with Gasteiger partial charge in [0.15, 0.2) is 0 Å². The number of rotatable bonds is 4. The van der Waals surface area contributed by atoms with Crippen molar-refractivity contribution >= 4 is 11.6 Å². The highest BCUT2D eigenvalue weighted by atomic mass is 16.3. The molecule has 1 atom stereocenters. The molecule has 0 radical (unpaired) electrons. The molecular formula is C17H26N2O2. The standard InChI is InChI=1S/C17H26N2O2/c1-3-18-16-9-8-13(2)11-15(16)17(21)19-10-6-4-5-7-14(19)12-20/h8-9,11,14,18,20H,3-7,10,12H2,1-2H3. The van der Waals surface area contributed by atoms with Crippen LogP contribution >= 0.6 is 0 Å². The maximum absolute atomic E-state index is 12.9. The largest absolute Gasteiger partial charge is 0.394 e. The molecule has 0 spiro atoms. The first-order valence-electron chi connectivity index (χ1n) is 7.93. The molecule has 0 bridgehead atoms. The predicted octanol–water partition coefficient (Wildman–Crippen LogP) is 2.80. The van der Waals surface area contributed by atoms with Crippen molar-refractivity contribution in [3.05, 3.63) is 29.3 Å². The van der Waals surface area contributed by atoms with Crippen molar-refractivity contribution in [1.29, 1.82) is 0 Å². The molecule has 1 aliphatic rings. The Balaban J connectivity index is 2.30. The van der Waals surface area contributed by atoms with Crippen LogP contribution in [0.1, 0.15) is 48.5 Å². The summed E-state index contributed by atoms with van der Waals surface area (Å²) in [5.74, 6) is 0.0376. The highest BCUT2D eigenvalue weighted by Gasteiger charge is 2.27. The van der Waals surface area contributed by atoms with E-state index in [4.69, 9.17) is 0 Å². The monoisotopic (exact) mass is 290 g/mol. The number of hydrogen-bond donors (Lipinski definition) is 2. The SMILES string of the molecule is CCNc1ccc(C)cc1C(=O)N1CCCCCC1CO. The zero-order valence-electron chi connectivity index (χ0n) is 13.1. The number of benzene rings is 1. The summed E-state index contributed by atoms with van der Waals surface area (Å²) in [6.07, 6.45) is 4.13. The number of aliphatic hydroxyl groups excluding tert-OH is 1. The third kappa shape index (κ3) is 3.76. The van der Waals surface area contributed by atoms with Crippen molar-refractivity contribution in [1.82, 2.24) is 4.90 Å². The number of nitrogens with zero attached hydrogens (tertiary/aromatic N) is 1. The van der Waals surface area contributed by atoms with Crippen LogP contribution in [-0.2, 0) is 0 Å². The van der Waals surface area contributed by atoms with E-state index in [1.807, 2.05) is 36.9 Å². The van der Waals surface area contributed by atoms with Crippen LogP contribution < -0.4 is 5.32 Å². The molecule has 4 heteroatoms. The quantitative estimate of drug-likeness (QED) is 0.896. The van der Waals surface area contributed by atoms with Crippen LogP contribution in [-0.4, -0.2) is 41.7 Å². The summed E-state index contributed by atoms with van der Waals surface area (Å²) < 4.78 is 0. The Bertz CT molecular complexity index is 488. The van der Waals surface area contributed by atoms with Gasteiger partial charge in [0.1, 0.15) is 0 Å². The predicted molar refractivity (Wildman–Crippen MR) is 85.7 cm³/mol. The normalized spacial score (nSPS) is 19.2. The van der Waals surface area contributed by atoms with Gasteiger partial charge in [0.05, 0.1) is 18.2 Å². The highest BCUT2D eigenvalue weighted by Crippen LogP contribution is 2.24. The molecule has 0 aliphatic carbocycles. The van der Waals surface area contributed by atoms with Gasteiger partial charge in [-0.3, -0.25) is 4.79 Å². The van der Waals surface area contributed by atoms with E-state index in [1.54, 1.807) is 0 Å². The Labute approximate surface area is 127 Å². The van der Waals surface area contributed by atoms with Crippen molar-refractivity contribution < 1.29 is 9.90 Å². The summed E-state index contributed by atoms with van der Waals surface area (Å²) in [7, 11) is 0. The molecule has 116 valence electrons. The third-order valence-electron chi connectivity index (χ3n) is 4.12. The fourth-order valence-electron chi connectivity index (χ4n) is 2.97. The zero-order chi connectivity index (χ0) is 15.2. The minimum absolute atomic E-state index is 0.0376. The summed E-state index contributed by atoms with van der Waals surface area (Å²) >= 11 is 0. The Kier molecular flexibility index (Phi) is 5.62. The maximum Gasteiger partial charge on any atom is 0.256 e. The lowest BCUT2D eigenvalue weighted by Gasteiger charge is -2.29. The number of carbonyl (C=O) groups is 1. The van der Waals surface area contributed by atoms with Gasteiger partial charge in [-0.05, 0) is 38.8 Å². The summed E-state index contributed by atoms with van der Waals surface area (Å²) in [6.45, 7) is 5.60. The Morgan fingerprint density at radius 2 is 2.19 bits per heavy atom. The molecule has 2 rings (SSSR count). The first-order chi connectivity index (χ1) is 10.2. The van der Waals surface area contributed by atoms with Crippen molar-refractivity contribution in [2.45, 2.75) is 45.6 Å². The van der Waals surface area contributed by atoms with Crippen LogP contribution in [0.3, 0.4) is 0 Å². The Morgan fingerprint density at radius 1 is 1.38 bits per heavy atom. The lowest BCUT2D eigenvalue weighted by atomic mass is 10.1. The summed E-state index contributed by atoms with van der Waals surface area (Å²) in [5, 5.41) is 12.9. The molecule has 1 saturated heterocycles. The van der Waals surface area contributed by atoms with E-state index in [2.05, 4.69) is 5.32 Å². The van der Waals surface area contributed by atoms with Crippen molar-refractivity contribution in [3.63, 3.8) is 0 Å². The second-order valence-corrected chi connectivity index (χ2v) is 5.76. The van der Waals surface area contributed by atoms with Crippen molar-refractivity contribution in [3.8, 4) is 0 Å². The molecule has 0 aromatic heterocycles. The van der Waals surface area contributed by atoms with E-state index in [9.17, 15) is 9.90 Å². The molecule has 1 amide bonds. The van der Waals surface area contributed by atoms with Crippen LogP contribution in [0.25, 0.3) is 0 Å². The van der Waals surface area contributed by atoms with Crippen LogP contribution in [0.5, 0.6) is 0 Å². The molecular weight excluding hydrogens is 264 g/mol. The van der Waals surface area contributed by atoms with Crippen LogP contribution in [0.2, 0.25) is 0 Å².